The summed E-state index contributed by atoms with van der Waals surface area (Å²) < 4.78 is 16.8. The highest BCUT2D eigenvalue weighted by Crippen LogP contribution is 2.16. The highest BCUT2D eigenvalue weighted by atomic mass is 32.1. The van der Waals surface area contributed by atoms with Gasteiger partial charge in [-0.3, -0.25) is 0 Å². The number of thiophene rings is 1. The van der Waals surface area contributed by atoms with E-state index in [2.05, 4.69) is 61.6 Å². The highest BCUT2D eigenvalue weighted by molar-refractivity contribution is 7.08. The molecular weight excluding hydrogens is 380 g/mol. The fourth-order valence-corrected chi connectivity index (χ4v) is 3.03. The van der Waals surface area contributed by atoms with Gasteiger partial charge in [0.2, 0.25) is 0 Å². The molecule has 2 aromatic heterocycles. The molecule has 2 heterocycles. The molecule has 0 fully saturated rings. The molecule has 0 radical (unpaired) electrons. The summed E-state index contributed by atoms with van der Waals surface area (Å²) in [6.45, 7) is 7.85. The predicted octanol–water partition coefficient (Wildman–Crippen LogP) is 6.60. The summed E-state index contributed by atoms with van der Waals surface area (Å²) in [6.07, 6.45) is 10.8. The molecule has 0 aliphatic rings. The number of allylic oxidation sites excluding steroid dienone is 2. The quantitative estimate of drug-likeness (QED) is 0.327. The van der Waals surface area contributed by atoms with Crippen molar-refractivity contribution in [3.05, 3.63) is 69.8 Å². The molecule has 0 atom stereocenters. The summed E-state index contributed by atoms with van der Waals surface area (Å²) >= 11 is 1.69. The van der Waals surface area contributed by atoms with Crippen molar-refractivity contribution in [2.75, 3.05) is 20.3 Å². The van der Waals surface area contributed by atoms with E-state index in [0.717, 1.165) is 23.5 Å². The minimum Gasteiger partial charge on any atom is -0.459 e. The maximum absolute atomic E-state index is 5.85. The first-order valence-corrected chi connectivity index (χ1v) is 10.6. The van der Waals surface area contributed by atoms with Gasteiger partial charge in [0.1, 0.15) is 18.1 Å². The van der Waals surface area contributed by atoms with E-state index in [9.17, 15) is 0 Å². The Morgan fingerprint density at radius 3 is 2.79 bits per heavy atom. The van der Waals surface area contributed by atoms with Crippen LogP contribution in [0.4, 0.5) is 0 Å². The summed E-state index contributed by atoms with van der Waals surface area (Å²) in [6, 6.07) is 5.98. The average Bonchev–Trinajstić information content (AvgIpc) is 3.32. The normalized spacial score (nSPS) is 12.6. The van der Waals surface area contributed by atoms with Crippen LogP contribution >= 0.6 is 11.3 Å². The third-order valence-electron chi connectivity index (χ3n) is 3.70. The fraction of sp³-hybridized carbons (Fsp3) is 0.360. The van der Waals surface area contributed by atoms with Gasteiger partial charge in [-0.25, -0.2) is 0 Å². The lowest BCUT2D eigenvalue weighted by molar-refractivity contribution is 0.131. The van der Waals surface area contributed by atoms with Crippen molar-refractivity contribution in [1.82, 2.24) is 0 Å². The number of hydrogen-bond donors (Lipinski definition) is 0. The number of rotatable bonds is 10. The first-order valence-electron chi connectivity index (χ1n) is 9.67. The second-order valence-electron chi connectivity index (χ2n) is 7.64. The average molecular weight is 411 g/mol. The third-order valence-corrected chi connectivity index (χ3v) is 4.40. The monoisotopic (exact) mass is 410 g/mol. The molecule has 0 aliphatic heterocycles. The summed E-state index contributed by atoms with van der Waals surface area (Å²) in [5, 5.41) is 4.16. The molecule has 0 amide bonds. The Balaban J connectivity index is 1.84. The SMILES string of the molecule is COC/C(=C/c1ccc(COC/C=C/c2ccsc2)o1)C/C=C/C#CC(C)(C)C. The summed E-state index contributed by atoms with van der Waals surface area (Å²) in [7, 11) is 1.70. The van der Waals surface area contributed by atoms with E-state index in [4.69, 9.17) is 13.9 Å². The van der Waals surface area contributed by atoms with E-state index >= 15 is 0 Å². The van der Waals surface area contributed by atoms with Crippen molar-refractivity contribution in [2.24, 2.45) is 5.41 Å². The molecule has 0 aliphatic carbocycles. The van der Waals surface area contributed by atoms with E-state index in [1.54, 1.807) is 18.4 Å². The largest absolute Gasteiger partial charge is 0.459 e. The van der Waals surface area contributed by atoms with Gasteiger partial charge in [-0.15, -0.1) is 0 Å². The van der Waals surface area contributed by atoms with Gasteiger partial charge in [0.05, 0.1) is 13.2 Å². The lowest BCUT2D eigenvalue weighted by Crippen LogP contribution is -1.98. The van der Waals surface area contributed by atoms with Crippen molar-refractivity contribution >= 4 is 23.5 Å². The van der Waals surface area contributed by atoms with Crippen LogP contribution in [0.25, 0.3) is 12.2 Å². The van der Waals surface area contributed by atoms with E-state index in [1.165, 1.54) is 5.56 Å². The van der Waals surface area contributed by atoms with Crippen LogP contribution in [0, 0.1) is 17.3 Å². The van der Waals surface area contributed by atoms with Crippen LogP contribution in [-0.4, -0.2) is 20.3 Å². The zero-order chi connectivity index (χ0) is 21.0. The summed E-state index contributed by atoms with van der Waals surface area (Å²) in [4.78, 5) is 0. The van der Waals surface area contributed by atoms with E-state index in [1.807, 2.05) is 30.4 Å². The van der Waals surface area contributed by atoms with Gasteiger partial charge in [-0.2, -0.15) is 11.3 Å². The van der Waals surface area contributed by atoms with E-state index in [0.29, 0.717) is 19.8 Å². The number of hydrogen-bond acceptors (Lipinski definition) is 4. The molecule has 3 nitrogen and oxygen atoms in total. The van der Waals surface area contributed by atoms with Gasteiger partial charge in [-0.1, -0.05) is 30.1 Å². The smallest absolute Gasteiger partial charge is 0.130 e. The molecule has 0 N–H and O–H groups in total. The molecule has 0 unspecified atom stereocenters. The summed E-state index contributed by atoms with van der Waals surface area (Å²) in [5.41, 5.74) is 2.34. The van der Waals surface area contributed by atoms with Crippen LogP contribution in [0.1, 0.15) is 44.3 Å². The Kier molecular flexibility index (Phi) is 9.73. The standard InChI is InChI=1S/C25H30O3S/c1-25(2,3)14-7-5-6-9-22(18-26-4)17-23-11-12-24(28-23)19-27-15-8-10-21-13-16-29-20-21/h5-6,8,10-13,16-17,20H,9,15,18-19H2,1-4H3/b6-5+,10-8+,22-17+. The van der Waals surface area contributed by atoms with Crippen molar-refractivity contribution in [2.45, 2.75) is 33.8 Å². The van der Waals surface area contributed by atoms with Gasteiger partial charge in [-0.05, 0) is 79.4 Å². The van der Waals surface area contributed by atoms with E-state index in [-0.39, 0.29) is 5.41 Å². The first-order chi connectivity index (χ1) is 14.0. The minimum absolute atomic E-state index is 0.0157. The zero-order valence-electron chi connectivity index (χ0n) is 17.7. The Morgan fingerprint density at radius 1 is 1.21 bits per heavy atom. The maximum Gasteiger partial charge on any atom is 0.130 e. The zero-order valence-corrected chi connectivity index (χ0v) is 18.6. The Bertz CT molecular complexity index is 865. The fourth-order valence-electron chi connectivity index (χ4n) is 2.40. The van der Waals surface area contributed by atoms with Crippen LogP contribution in [0.2, 0.25) is 0 Å². The Hall–Kier alpha value is -2.32. The van der Waals surface area contributed by atoms with Crippen LogP contribution in [0.3, 0.4) is 0 Å². The van der Waals surface area contributed by atoms with Crippen LogP contribution in [0.5, 0.6) is 0 Å². The molecule has 0 saturated heterocycles. The first kappa shape index (κ1) is 23.0. The molecule has 29 heavy (non-hydrogen) atoms. The molecule has 0 bridgehead atoms. The van der Waals surface area contributed by atoms with Crippen molar-refractivity contribution in [3.63, 3.8) is 0 Å². The van der Waals surface area contributed by atoms with Crippen molar-refractivity contribution in [1.29, 1.82) is 0 Å². The van der Waals surface area contributed by atoms with E-state index < -0.39 is 0 Å². The molecule has 154 valence electrons. The molecule has 0 aromatic carbocycles. The molecule has 0 saturated carbocycles. The maximum atomic E-state index is 5.85. The minimum atomic E-state index is 0.0157. The van der Waals surface area contributed by atoms with Gasteiger partial charge >= 0.3 is 0 Å². The van der Waals surface area contributed by atoms with Crippen molar-refractivity contribution in [3.8, 4) is 11.8 Å². The van der Waals surface area contributed by atoms with Crippen molar-refractivity contribution < 1.29 is 13.9 Å². The topological polar surface area (TPSA) is 31.6 Å². The highest BCUT2D eigenvalue weighted by Gasteiger charge is 2.03. The van der Waals surface area contributed by atoms with Gasteiger partial charge in [0.25, 0.3) is 0 Å². The van der Waals surface area contributed by atoms with Crippen LogP contribution in [-0.2, 0) is 16.1 Å². The number of ether oxygens (including phenoxy) is 2. The third kappa shape index (κ3) is 10.1. The second kappa shape index (κ2) is 12.3. The Morgan fingerprint density at radius 2 is 2.07 bits per heavy atom. The molecule has 2 rings (SSSR count). The predicted molar refractivity (Wildman–Crippen MR) is 123 cm³/mol. The number of furan rings is 1. The van der Waals surface area contributed by atoms with Crippen LogP contribution < -0.4 is 0 Å². The molecule has 0 spiro atoms. The summed E-state index contributed by atoms with van der Waals surface area (Å²) in [5.74, 6) is 7.90. The molecule has 2 aromatic rings. The lowest BCUT2D eigenvalue weighted by atomic mass is 9.98. The second-order valence-corrected chi connectivity index (χ2v) is 8.42. The molecule has 4 heteroatoms. The number of methoxy groups -OCH3 is 1. The molecular formula is C25H30O3S. The van der Waals surface area contributed by atoms with Gasteiger partial charge < -0.3 is 13.9 Å². The van der Waals surface area contributed by atoms with Crippen LogP contribution in [0.15, 0.2) is 57.2 Å². The Labute approximate surface area is 178 Å². The lowest BCUT2D eigenvalue weighted by Gasteiger charge is -2.06. The van der Waals surface area contributed by atoms with Gasteiger partial charge in [0.15, 0.2) is 0 Å². The van der Waals surface area contributed by atoms with Gasteiger partial charge in [0, 0.05) is 12.5 Å².